The third kappa shape index (κ3) is 2.27. The van der Waals surface area contributed by atoms with Crippen molar-refractivity contribution >= 4 is 27.3 Å². The maximum Gasteiger partial charge on any atom is 0.137 e. The monoisotopic (exact) mass is 285 g/mol. The van der Waals surface area contributed by atoms with Gasteiger partial charge < -0.3 is 5.73 Å². The normalized spacial score (nSPS) is 12.7. The number of hydrogen-bond acceptors (Lipinski definition) is 2. The Labute approximate surface area is 99.9 Å². The topological polar surface area (TPSA) is 26.0 Å². The van der Waals surface area contributed by atoms with Gasteiger partial charge in [-0.15, -0.1) is 0 Å². The molecule has 0 saturated heterocycles. The number of rotatable bonds is 2. The highest BCUT2D eigenvalue weighted by atomic mass is 79.9. The highest BCUT2D eigenvalue weighted by Crippen LogP contribution is 2.24. The van der Waals surface area contributed by atoms with E-state index in [0.717, 1.165) is 11.1 Å². The lowest BCUT2D eigenvalue weighted by Gasteiger charge is -2.10. The van der Waals surface area contributed by atoms with Crippen LogP contribution in [0.2, 0.25) is 0 Å². The molecule has 1 nitrogen and oxygen atoms in total. The van der Waals surface area contributed by atoms with Gasteiger partial charge in [0.05, 0.1) is 10.5 Å². The molecule has 1 heterocycles. The summed E-state index contributed by atoms with van der Waals surface area (Å²) in [6.07, 6.45) is 0. The fourth-order valence-corrected chi connectivity index (χ4v) is 2.29. The first-order valence-corrected chi connectivity index (χ1v) is 6.14. The summed E-state index contributed by atoms with van der Waals surface area (Å²) in [7, 11) is 0. The number of nitrogens with two attached hydrogens (primary N) is 1. The Hall–Kier alpha value is -0.710. The molecule has 0 saturated carbocycles. The van der Waals surface area contributed by atoms with Crippen molar-refractivity contribution in [2.45, 2.75) is 6.04 Å². The molecule has 15 heavy (non-hydrogen) atoms. The summed E-state index contributed by atoms with van der Waals surface area (Å²) in [4.78, 5) is 0. The van der Waals surface area contributed by atoms with Gasteiger partial charge in [-0.05, 0) is 56.0 Å². The van der Waals surface area contributed by atoms with Crippen molar-refractivity contribution in [1.29, 1.82) is 0 Å². The van der Waals surface area contributed by atoms with Crippen LogP contribution in [0.3, 0.4) is 0 Å². The fraction of sp³-hybridized carbons (Fsp3) is 0.0909. The molecule has 1 aromatic heterocycles. The first-order valence-electron chi connectivity index (χ1n) is 4.41. The van der Waals surface area contributed by atoms with Crippen LogP contribution < -0.4 is 5.73 Å². The van der Waals surface area contributed by atoms with Crippen LogP contribution in [0.4, 0.5) is 4.39 Å². The number of benzene rings is 1. The molecule has 0 bridgehead atoms. The van der Waals surface area contributed by atoms with Crippen LogP contribution in [0.25, 0.3) is 0 Å². The Bertz CT molecular complexity index is 456. The van der Waals surface area contributed by atoms with Crippen molar-refractivity contribution in [3.05, 3.63) is 56.4 Å². The minimum atomic E-state index is -0.279. The molecule has 0 spiro atoms. The van der Waals surface area contributed by atoms with Gasteiger partial charge in [0.15, 0.2) is 0 Å². The molecular formula is C11H9BrFNS. The van der Waals surface area contributed by atoms with Gasteiger partial charge in [-0.3, -0.25) is 0 Å². The van der Waals surface area contributed by atoms with Gasteiger partial charge in [-0.25, -0.2) is 4.39 Å². The highest BCUT2D eigenvalue weighted by molar-refractivity contribution is 9.10. The second-order valence-corrected chi connectivity index (χ2v) is 4.84. The van der Waals surface area contributed by atoms with E-state index in [0.29, 0.717) is 4.47 Å². The highest BCUT2D eigenvalue weighted by Gasteiger charge is 2.10. The molecule has 0 amide bonds. The zero-order chi connectivity index (χ0) is 10.8. The summed E-state index contributed by atoms with van der Waals surface area (Å²) in [5.74, 6) is -0.279. The minimum absolute atomic E-state index is 0.251. The van der Waals surface area contributed by atoms with E-state index in [1.165, 1.54) is 6.07 Å². The molecule has 0 aliphatic rings. The van der Waals surface area contributed by atoms with E-state index >= 15 is 0 Å². The fourth-order valence-electron chi connectivity index (χ4n) is 1.35. The smallest absolute Gasteiger partial charge is 0.137 e. The van der Waals surface area contributed by atoms with Crippen molar-refractivity contribution in [2.24, 2.45) is 5.73 Å². The van der Waals surface area contributed by atoms with Gasteiger partial charge in [-0.1, -0.05) is 6.07 Å². The van der Waals surface area contributed by atoms with Crippen molar-refractivity contribution in [3.8, 4) is 0 Å². The number of halogens is 2. The van der Waals surface area contributed by atoms with Crippen LogP contribution in [-0.2, 0) is 0 Å². The predicted octanol–water partition coefficient (Wildman–Crippen LogP) is 3.70. The lowest BCUT2D eigenvalue weighted by molar-refractivity contribution is 0.617. The number of hydrogen-bond donors (Lipinski definition) is 1. The van der Waals surface area contributed by atoms with E-state index in [-0.39, 0.29) is 11.9 Å². The second-order valence-electron chi connectivity index (χ2n) is 3.21. The molecule has 78 valence electrons. The molecule has 2 N–H and O–H groups in total. The first kappa shape index (κ1) is 10.8. The largest absolute Gasteiger partial charge is 0.320 e. The SMILES string of the molecule is N[C@@H](c1ccsc1)c1ccc(Br)c(F)c1. The first-order chi connectivity index (χ1) is 7.18. The zero-order valence-electron chi connectivity index (χ0n) is 7.78. The molecule has 0 aliphatic carbocycles. The third-order valence-electron chi connectivity index (χ3n) is 2.21. The molecule has 0 fully saturated rings. The summed E-state index contributed by atoms with van der Waals surface area (Å²) in [5, 5.41) is 3.94. The van der Waals surface area contributed by atoms with E-state index < -0.39 is 0 Å². The molecule has 2 aromatic rings. The van der Waals surface area contributed by atoms with Crippen LogP contribution >= 0.6 is 27.3 Å². The van der Waals surface area contributed by atoms with Gasteiger partial charge in [0, 0.05) is 0 Å². The second kappa shape index (κ2) is 4.43. The van der Waals surface area contributed by atoms with E-state index in [1.807, 2.05) is 22.9 Å². The summed E-state index contributed by atoms with van der Waals surface area (Å²) in [5.41, 5.74) is 7.81. The van der Waals surface area contributed by atoms with E-state index in [1.54, 1.807) is 17.4 Å². The molecule has 1 atom stereocenters. The third-order valence-corrected chi connectivity index (χ3v) is 3.55. The van der Waals surface area contributed by atoms with Gasteiger partial charge >= 0.3 is 0 Å². The summed E-state index contributed by atoms with van der Waals surface area (Å²) in [6, 6.07) is 6.67. The van der Waals surface area contributed by atoms with Crippen LogP contribution in [0.15, 0.2) is 39.5 Å². The molecule has 2 rings (SSSR count). The average molecular weight is 286 g/mol. The maximum absolute atomic E-state index is 13.3. The van der Waals surface area contributed by atoms with Crippen molar-refractivity contribution in [3.63, 3.8) is 0 Å². The quantitative estimate of drug-likeness (QED) is 0.895. The van der Waals surface area contributed by atoms with Crippen molar-refractivity contribution in [1.82, 2.24) is 0 Å². The van der Waals surface area contributed by atoms with E-state index in [2.05, 4.69) is 15.9 Å². The lowest BCUT2D eigenvalue weighted by atomic mass is 10.0. The van der Waals surface area contributed by atoms with Crippen LogP contribution in [0.5, 0.6) is 0 Å². The van der Waals surface area contributed by atoms with Crippen molar-refractivity contribution < 1.29 is 4.39 Å². The standard InChI is InChI=1S/C11H9BrFNS/c12-9-2-1-7(5-10(9)13)11(14)8-3-4-15-6-8/h1-6,11H,14H2/t11-/m1/s1. The van der Waals surface area contributed by atoms with Gasteiger partial charge in [-0.2, -0.15) is 11.3 Å². The molecular weight excluding hydrogens is 277 g/mol. The Kier molecular flexibility index (Phi) is 3.19. The Morgan fingerprint density at radius 1 is 1.27 bits per heavy atom. The van der Waals surface area contributed by atoms with E-state index in [9.17, 15) is 4.39 Å². The minimum Gasteiger partial charge on any atom is -0.320 e. The lowest BCUT2D eigenvalue weighted by Crippen LogP contribution is -2.10. The van der Waals surface area contributed by atoms with E-state index in [4.69, 9.17) is 5.73 Å². The Balaban J connectivity index is 2.34. The van der Waals surface area contributed by atoms with Gasteiger partial charge in [0.1, 0.15) is 5.82 Å². The summed E-state index contributed by atoms with van der Waals surface area (Å²) < 4.78 is 13.7. The van der Waals surface area contributed by atoms with Gasteiger partial charge in [0.2, 0.25) is 0 Å². The number of thiophene rings is 1. The Morgan fingerprint density at radius 2 is 2.07 bits per heavy atom. The summed E-state index contributed by atoms with van der Waals surface area (Å²) in [6.45, 7) is 0. The molecule has 0 unspecified atom stereocenters. The molecule has 0 radical (unpaired) electrons. The predicted molar refractivity (Wildman–Crippen MR) is 64.4 cm³/mol. The summed E-state index contributed by atoms with van der Waals surface area (Å²) >= 11 is 4.70. The molecule has 1 aromatic carbocycles. The van der Waals surface area contributed by atoms with Gasteiger partial charge in [0.25, 0.3) is 0 Å². The van der Waals surface area contributed by atoms with Crippen LogP contribution in [-0.4, -0.2) is 0 Å². The van der Waals surface area contributed by atoms with Crippen LogP contribution in [0.1, 0.15) is 17.2 Å². The van der Waals surface area contributed by atoms with Crippen molar-refractivity contribution in [2.75, 3.05) is 0 Å². The van der Waals surface area contributed by atoms with Crippen LogP contribution in [0, 0.1) is 5.82 Å². The molecule has 4 heteroatoms. The zero-order valence-corrected chi connectivity index (χ0v) is 10.2. The Morgan fingerprint density at radius 3 is 2.67 bits per heavy atom. The maximum atomic E-state index is 13.3. The molecule has 0 aliphatic heterocycles. The average Bonchev–Trinajstić information content (AvgIpc) is 2.74.